The predicted molar refractivity (Wildman–Crippen MR) is 93.5 cm³/mol. The molecule has 3 rings (SSSR count). The Bertz CT molecular complexity index is 704. The normalized spacial score (nSPS) is 15.0. The predicted octanol–water partition coefficient (Wildman–Crippen LogP) is 5.21. The number of carbonyl (C=O) groups is 1. The van der Waals surface area contributed by atoms with E-state index < -0.39 is 5.82 Å². The third-order valence-corrected chi connectivity index (χ3v) is 6.63. The Morgan fingerprint density at radius 1 is 1.18 bits per heavy atom. The highest BCUT2D eigenvalue weighted by Gasteiger charge is 2.19. The first-order valence-electron chi connectivity index (χ1n) is 6.73. The van der Waals surface area contributed by atoms with E-state index in [-0.39, 0.29) is 16.5 Å². The van der Waals surface area contributed by atoms with Gasteiger partial charge in [-0.15, -0.1) is 23.5 Å². The Morgan fingerprint density at radius 2 is 1.95 bits per heavy atom. The molecule has 1 aliphatic rings. The number of hydrogen-bond donors (Lipinski definition) is 1. The van der Waals surface area contributed by atoms with Crippen molar-refractivity contribution >= 4 is 46.7 Å². The van der Waals surface area contributed by atoms with Gasteiger partial charge in [0.1, 0.15) is 5.82 Å². The van der Waals surface area contributed by atoms with Crippen LogP contribution in [0.1, 0.15) is 20.5 Å². The van der Waals surface area contributed by atoms with Gasteiger partial charge in [0.2, 0.25) is 0 Å². The van der Waals surface area contributed by atoms with Gasteiger partial charge in [0, 0.05) is 17.2 Å². The van der Waals surface area contributed by atoms with Crippen LogP contribution in [0.25, 0.3) is 0 Å². The zero-order valence-corrected chi connectivity index (χ0v) is 13.9. The van der Waals surface area contributed by atoms with Crippen molar-refractivity contribution in [3.05, 3.63) is 64.4 Å². The van der Waals surface area contributed by atoms with Gasteiger partial charge >= 0.3 is 0 Å². The van der Waals surface area contributed by atoms with Crippen molar-refractivity contribution in [1.29, 1.82) is 0 Å². The summed E-state index contributed by atoms with van der Waals surface area (Å²) in [6.07, 6.45) is 0. The second kappa shape index (κ2) is 6.94. The lowest BCUT2D eigenvalue weighted by Crippen LogP contribution is -2.12. The van der Waals surface area contributed by atoms with Gasteiger partial charge in [0.15, 0.2) is 0 Å². The van der Waals surface area contributed by atoms with Crippen LogP contribution in [0.4, 0.5) is 10.1 Å². The Hall–Kier alpha value is -1.17. The topological polar surface area (TPSA) is 29.1 Å². The summed E-state index contributed by atoms with van der Waals surface area (Å²) in [6, 6.07) is 11.6. The quantitative estimate of drug-likeness (QED) is 0.821. The first-order chi connectivity index (χ1) is 10.6. The molecule has 0 aromatic heterocycles. The lowest BCUT2D eigenvalue weighted by molar-refractivity contribution is 0.102. The van der Waals surface area contributed by atoms with Crippen LogP contribution in [-0.4, -0.2) is 17.4 Å². The van der Waals surface area contributed by atoms with Gasteiger partial charge in [0.25, 0.3) is 5.91 Å². The zero-order valence-electron chi connectivity index (χ0n) is 11.5. The van der Waals surface area contributed by atoms with Crippen LogP contribution < -0.4 is 5.32 Å². The minimum absolute atomic E-state index is 0.107. The first kappa shape index (κ1) is 15.7. The van der Waals surface area contributed by atoms with Crippen molar-refractivity contribution in [3.63, 3.8) is 0 Å². The van der Waals surface area contributed by atoms with Gasteiger partial charge in [-0.25, -0.2) is 4.39 Å². The van der Waals surface area contributed by atoms with E-state index in [0.29, 0.717) is 4.58 Å². The molecule has 0 saturated carbocycles. The molecule has 0 radical (unpaired) electrons. The molecule has 0 atom stereocenters. The van der Waals surface area contributed by atoms with Gasteiger partial charge in [0.05, 0.1) is 15.2 Å². The van der Waals surface area contributed by atoms with E-state index in [0.717, 1.165) is 23.3 Å². The van der Waals surface area contributed by atoms with Crippen molar-refractivity contribution in [1.82, 2.24) is 0 Å². The fourth-order valence-electron chi connectivity index (χ4n) is 2.19. The number of halogens is 2. The largest absolute Gasteiger partial charge is 0.322 e. The van der Waals surface area contributed by atoms with E-state index in [9.17, 15) is 9.18 Å². The molecular formula is C16H13ClFNOS2. The van der Waals surface area contributed by atoms with Crippen LogP contribution >= 0.6 is 35.1 Å². The molecule has 1 N–H and O–H groups in total. The van der Waals surface area contributed by atoms with E-state index in [1.54, 1.807) is 0 Å². The molecule has 22 heavy (non-hydrogen) atoms. The maximum atomic E-state index is 13.0. The molecule has 0 spiro atoms. The monoisotopic (exact) mass is 353 g/mol. The average Bonchev–Trinajstić information content (AvgIpc) is 3.01. The van der Waals surface area contributed by atoms with Crippen molar-refractivity contribution in [3.8, 4) is 0 Å². The molecule has 1 amide bonds. The maximum absolute atomic E-state index is 13.0. The number of carbonyl (C=O) groups excluding carboxylic acids is 1. The van der Waals surface area contributed by atoms with E-state index in [1.807, 2.05) is 41.7 Å². The maximum Gasteiger partial charge on any atom is 0.257 e. The number of nitrogens with one attached hydrogen (secondary N) is 1. The standard InChI is InChI=1S/C16H13ClFNOS2/c17-14-9-11(18)4-5-13(14)15(20)19-12-3-1-2-10(8-12)16-21-6-7-22-16/h1-5,8-9,16H,6-7H2,(H,19,20). The van der Waals surface area contributed by atoms with Crippen molar-refractivity contribution in [2.45, 2.75) is 4.58 Å². The summed E-state index contributed by atoms with van der Waals surface area (Å²) >= 11 is 9.74. The van der Waals surface area contributed by atoms with Crippen LogP contribution in [0.2, 0.25) is 5.02 Å². The second-order valence-electron chi connectivity index (χ2n) is 4.78. The van der Waals surface area contributed by atoms with Crippen LogP contribution in [0.3, 0.4) is 0 Å². The molecule has 1 fully saturated rings. The molecule has 0 bridgehead atoms. The fraction of sp³-hybridized carbons (Fsp3) is 0.188. The third kappa shape index (κ3) is 3.59. The molecule has 6 heteroatoms. The Labute approximate surface area is 141 Å². The molecule has 1 heterocycles. The SMILES string of the molecule is O=C(Nc1cccc(C2SCCS2)c1)c1ccc(F)cc1Cl. The lowest BCUT2D eigenvalue weighted by atomic mass is 10.2. The highest BCUT2D eigenvalue weighted by atomic mass is 35.5. The fourth-order valence-corrected chi connectivity index (χ4v) is 5.28. The highest BCUT2D eigenvalue weighted by Crippen LogP contribution is 2.45. The number of benzene rings is 2. The van der Waals surface area contributed by atoms with Gasteiger partial charge in [-0.1, -0.05) is 23.7 Å². The zero-order chi connectivity index (χ0) is 15.5. The molecule has 2 aromatic rings. The van der Waals surface area contributed by atoms with Crippen LogP contribution in [0.5, 0.6) is 0 Å². The van der Waals surface area contributed by atoms with Crippen LogP contribution in [0, 0.1) is 5.82 Å². The van der Waals surface area contributed by atoms with Crippen LogP contribution in [-0.2, 0) is 0 Å². The van der Waals surface area contributed by atoms with Crippen molar-refractivity contribution in [2.75, 3.05) is 16.8 Å². The number of anilines is 1. The average molecular weight is 354 g/mol. The summed E-state index contributed by atoms with van der Waals surface area (Å²) in [6.45, 7) is 0. The Morgan fingerprint density at radius 3 is 2.68 bits per heavy atom. The lowest BCUT2D eigenvalue weighted by Gasteiger charge is -2.11. The molecule has 1 aliphatic heterocycles. The van der Waals surface area contributed by atoms with Gasteiger partial charge in [-0.3, -0.25) is 4.79 Å². The minimum atomic E-state index is -0.459. The summed E-state index contributed by atoms with van der Waals surface area (Å²) in [5.41, 5.74) is 2.17. The van der Waals surface area contributed by atoms with E-state index >= 15 is 0 Å². The molecule has 2 aromatic carbocycles. The van der Waals surface area contributed by atoms with Gasteiger partial charge in [-0.2, -0.15) is 0 Å². The van der Waals surface area contributed by atoms with Crippen LogP contribution in [0.15, 0.2) is 42.5 Å². The smallest absolute Gasteiger partial charge is 0.257 e. The molecular weight excluding hydrogens is 341 g/mol. The Balaban J connectivity index is 1.77. The third-order valence-electron chi connectivity index (χ3n) is 3.21. The molecule has 1 saturated heterocycles. The summed E-state index contributed by atoms with van der Waals surface area (Å²) in [5, 5.41) is 2.93. The number of hydrogen-bond acceptors (Lipinski definition) is 3. The van der Waals surface area contributed by atoms with E-state index in [1.165, 1.54) is 17.7 Å². The Kier molecular flexibility index (Phi) is 4.96. The summed E-state index contributed by atoms with van der Waals surface area (Å²) in [5.74, 6) is 1.50. The summed E-state index contributed by atoms with van der Waals surface area (Å²) in [4.78, 5) is 12.3. The highest BCUT2D eigenvalue weighted by molar-refractivity contribution is 8.19. The molecule has 2 nitrogen and oxygen atoms in total. The van der Waals surface area contributed by atoms with E-state index in [4.69, 9.17) is 11.6 Å². The van der Waals surface area contributed by atoms with Gasteiger partial charge < -0.3 is 5.32 Å². The number of thioether (sulfide) groups is 2. The molecule has 114 valence electrons. The number of amides is 1. The molecule has 0 unspecified atom stereocenters. The molecule has 0 aliphatic carbocycles. The summed E-state index contributed by atoms with van der Waals surface area (Å²) < 4.78 is 13.5. The second-order valence-corrected chi connectivity index (χ2v) is 7.91. The first-order valence-corrected chi connectivity index (χ1v) is 9.20. The minimum Gasteiger partial charge on any atom is -0.322 e. The summed E-state index contributed by atoms with van der Waals surface area (Å²) in [7, 11) is 0. The van der Waals surface area contributed by atoms with Crippen molar-refractivity contribution in [2.24, 2.45) is 0 Å². The number of rotatable bonds is 3. The van der Waals surface area contributed by atoms with Crippen molar-refractivity contribution < 1.29 is 9.18 Å². The van der Waals surface area contributed by atoms with Gasteiger partial charge in [-0.05, 0) is 35.9 Å². The van der Waals surface area contributed by atoms with E-state index in [2.05, 4.69) is 11.4 Å².